The molecule has 0 amide bonds. The van der Waals surface area contributed by atoms with Crippen molar-refractivity contribution in [1.29, 1.82) is 0 Å². The molecule has 0 aliphatic rings. The van der Waals surface area contributed by atoms with Crippen LogP contribution in [0.5, 0.6) is 0 Å². The van der Waals surface area contributed by atoms with Crippen LogP contribution in [0, 0.1) is 0 Å². The number of hydrogen-bond donors (Lipinski definition) is 0. The Hall–Kier alpha value is 2.33. The van der Waals surface area contributed by atoms with Gasteiger partial charge in [0.05, 0.1) is 0 Å². The minimum Gasteiger partial charge on any atom is -0.791 e. The monoisotopic (exact) mass is 214 g/mol. The molecule has 0 bridgehead atoms. The summed E-state index contributed by atoms with van der Waals surface area (Å²) in [7, 11) is -6.91. The van der Waals surface area contributed by atoms with E-state index in [4.69, 9.17) is 0 Å². The summed E-state index contributed by atoms with van der Waals surface area (Å²) < 4.78 is 14.1. The second-order valence-corrected chi connectivity index (χ2v) is 8.50. The maximum atomic E-state index is 9.93. The van der Waals surface area contributed by atoms with Gasteiger partial charge in [-0.2, -0.15) is 0 Å². The molecule has 0 aromatic carbocycles. The Balaban J connectivity index is -0.000000320. The average molecular weight is 214 g/mol. The first-order valence-corrected chi connectivity index (χ1v) is 7.30. The van der Waals surface area contributed by atoms with Crippen molar-refractivity contribution in [1.82, 2.24) is 0 Å². The average Bonchev–Trinajstić information content (AvgIpc) is 1.14. The molecule has 0 radical (unpaired) electrons. The maximum Gasteiger partial charge on any atom is 1.00 e. The first-order chi connectivity index (χ1) is 3.71. The molecule has 0 fully saturated rings. The largest absolute Gasteiger partial charge is 1.00 e. The molecule has 0 atom stereocenters. The molecule has 0 aliphatic carbocycles. The van der Waals surface area contributed by atoms with E-state index in [9.17, 15) is 14.4 Å². The van der Waals surface area contributed by atoms with Crippen molar-refractivity contribution in [2.45, 2.75) is 19.6 Å². The van der Waals surface area contributed by atoms with Gasteiger partial charge in [-0.3, -0.25) is 0 Å². The van der Waals surface area contributed by atoms with Gasteiger partial charge in [0.2, 0.25) is 0 Å². The number of hydrogen-bond acceptors (Lipinski definition) is 4. The zero-order valence-corrected chi connectivity index (χ0v) is 13.5. The summed E-state index contributed by atoms with van der Waals surface area (Å²) in [5.41, 5.74) is 0. The second-order valence-electron chi connectivity index (χ2n) is 2.65. The van der Waals surface area contributed by atoms with E-state index in [2.05, 4.69) is 4.21 Å². The third kappa shape index (κ3) is 19.0. The fourth-order valence-electron chi connectivity index (χ4n) is 0.335. The Morgan fingerprint density at radius 2 is 1.45 bits per heavy atom. The van der Waals surface area contributed by atoms with Crippen LogP contribution in [0.25, 0.3) is 0 Å². The quantitative estimate of drug-likeness (QED) is 0.338. The maximum absolute atomic E-state index is 9.93. The van der Waals surface area contributed by atoms with Crippen LogP contribution in [0.15, 0.2) is 0 Å². The molecule has 0 aliphatic heterocycles. The molecule has 8 heteroatoms. The molecule has 56 valence electrons. The smallest absolute Gasteiger partial charge is 0.791 e. The van der Waals surface area contributed by atoms with E-state index in [-0.39, 0.29) is 59.1 Å². The van der Waals surface area contributed by atoms with Gasteiger partial charge in [-0.1, -0.05) is 0 Å². The third-order valence-electron chi connectivity index (χ3n) is 0.386. The van der Waals surface area contributed by atoms with Crippen LogP contribution in [0.4, 0.5) is 0 Å². The van der Waals surface area contributed by atoms with Crippen LogP contribution in [0.2, 0.25) is 19.6 Å². The molecule has 0 rings (SSSR count). The van der Waals surface area contributed by atoms with Crippen LogP contribution >= 0.6 is 7.82 Å². The minimum atomic E-state index is -4.73. The minimum absolute atomic E-state index is 0. The molecular weight excluding hydrogens is 205 g/mol. The van der Waals surface area contributed by atoms with Crippen LogP contribution in [0.1, 0.15) is 0 Å². The fraction of sp³-hybridized carbons (Fsp3) is 1.00. The Morgan fingerprint density at radius 1 is 1.18 bits per heavy atom. The normalized spacial score (nSPS) is 11.4. The van der Waals surface area contributed by atoms with Crippen molar-refractivity contribution in [2.24, 2.45) is 0 Å². The molecule has 0 unspecified atom stereocenters. The summed E-state index contributed by atoms with van der Waals surface area (Å²) in [6.07, 6.45) is 0. The number of rotatable bonds is 2. The summed E-state index contributed by atoms with van der Waals surface area (Å²) in [6.45, 7) is 4.90. The summed E-state index contributed by atoms with van der Waals surface area (Å²) in [4.78, 5) is 19.9. The van der Waals surface area contributed by atoms with Crippen LogP contribution in [0.3, 0.4) is 0 Å². The third-order valence-corrected chi connectivity index (χ3v) is 3.47. The summed E-state index contributed by atoms with van der Waals surface area (Å²) in [6, 6.07) is 0. The summed E-state index contributed by atoms with van der Waals surface area (Å²) >= 11 is 0. The molecule has 11 heavy (non-hydrogen) atoms. The summed E-state index contributed by atoms with van der Waals surface area (Å²) in [5, 5.41) is 0. The topological polar surface area (TPSA) is 72.4 Å². The standard InChI is InChI=1S/C3H11O4PSi.2Na/c1-9(2,3)7-8(4,5)6;;/h1-3H3,(H2,4,5,6);;/q;2*+1/p-2. The van der Waals surface area contributed by atoms with Crippen molar-refractivity contribution < 1.29 is 77.7 Å². The molecule has 4 nitrogen and oxygen atoms in total. The van der Waals surface area contributed by atoms with Gasteiger partial charge < -0.3 is 18.6 Å². The molecule has 0 saturated carbocycles. The van der Waals surface area contributed by atoms with Gasteiger partial charge >= 0.3 is 59.1 Å². The number of phosphoric acid groups is 1. The molecular formula is C3H9Na2O4PSi. The van der Waals surface area contributed by atoms with Gasteiger partial charge in [-0.15, -0.1) is 0 Å². The van der Waals surface area contributed by atoms with Crippen molar-refractivity contribution in [3.63, 3.8) is 0 Å². The predicted molar refractivity (Wildman–Crippen MR) is 32.0 cm³/mol. The molecule has 0 heterocycles. The van der Waals surface area contributed by atoms with Crippen molar-refractivity contribution in [2.75, 3.05) is 0 Å². The van der Waals surface area contributed by atoms with E-state index in [0.717, 1.165) is 0 Å². The van der Waals surface area contributed by atoms with Gasteiger partial charge in [0.1, 0.15) is 0 Å². The van der Waals surface area contributed by atoms with E-state index in [1.807, 2.05) is 0 Å². The van der Waals surface area contributed by atoms with E-state index < -0.39 is 16.1 Å². The first kappa shape index (κ1) is 19.0. The Bertz CT molecular complexity index is 141. The van der Waals surface area contributed by atoms with Gasteiger partial charge in [0, 0.05) is 7.82 Å². The summed E-state index contributed by atoms with van der Waals surface area (Å²) in [5.74, 6) is 0. The zero-order chi connectivity index (χ0) is 7.71. The zero-order valence-electron chi connectivity index (χ0n) is 7.58. The van der Waals surface area contributed by atoms with Crippen molar-refractivity contribution >= 4 is 16.1 Å². The van der Waals surface area contributed by atoms with Gasteiger partial charge in [0.15, 0.2) is 8.32 Å². The van der Waals surface area contributed by atoms with E-state index >= 15 is 0 Å². The molecule has 0 aromatic rings. The molecule has 0 aromatic heterocycles. The predicted octanol–water partition coefficient (Wildman–Crippen LogP) is -6.33. The SMILES string of the molecule is C[Si](C)(C)OP(=O)([O-])[O-].[Na+].[Na+]. The molecule has 0 N–H and O–H groups in total. The second kappa shape index (κ2) is 6.73. The molecule has 0 spiro atoms. The van der Waals surface area contributed by atoms with Crippen molar-refractivity contribution in [3.05, 3.63) is 0 Å². The van der Waals surface area contributed by atoms with Gasteiger partial charge in [-0.25, -0.2) is 0 Å². The Morgan fingerprint density at radius 3 is 1.45 bits per heavy atom. The fourth-order valence-corrected chi connectivity index (χ4v) is 3.02. The Labute approximate surface area is 112 Å². The molecule has 0 saturated heterocycles. The van der Waals surface area contributed by atoms with E-state index in [0.29, 0.717) is 0 Å². The van der Waals surface area contributed by atoms with E-state index in [1.54, 1.807) is 19.6 Å². The van der Waals surface area contributed by atoms with Crippen LogP contribution < -0.4 is 68.9 Å². The van der Waals surface area contributed by atoms with Gasteiger partial charge in [-0.05, 0) is 19.6 Å². The van der Waals surface area contributed by atoms with E-state index in [1.165, 1.54) is 0 Å². The van der Waals surface area contributed by atoms with Gasteiger partial charge in [0.25, 0.3) is 0 Å². The van der Waals surface area contributed by atoms with Crippen molar-refractivity contribution in [3.8, 4) is 0 Å². The Kier molecular flexibility index (Phi) is 11.6. The van der Waals surface area contributed by atoms with Crippen LogP contribution in [-0.2, 0) is 8.78 Å². The van der Waals surface area contributed by atoms with Crippen LogP contribution in [-0.4, -0.2) is 8.32 Å². The first-order valence-electron chi connectivity index (χ1n) is 2.43.